The number of fused-ring (bicyclic) bond motifs is 3. The maximum atomic E-state index is 14.3. The number of hydrogen-bond donors (Lipinski definition) is 1. The molecule has 6 heteroatoms. The Labute approximate surface area is 229 Å². The number of carbonyl (C=O) groups is 2. The Hall–Kier alpha value is -4.32. The summed E-state index contributed by atoms with van der Waals surface area (Å²) >= 11 is 0. The fourth-order valence-corrected chi connectivity index (χ4v) is 5.45. The molecule has 1 fully saturated rings. The van der Waals surface area contributed by atoms with Gasteiger partial charge in [-0.3, -0.25) is 9.69 Å². The number of amides is 3. The van der Waals surface area contributed by atoms with Gasteiger partial charge in [0.25, 0.3) is 0 Å². The standard InChI is InChI=1S/C33H34N4O2/c1-22(2)24-14-16-26(17-15-24)34-33(39)36(27-18-19-27)21-31(38)37-29-8-5-4-7-28(29)35-20-6-9-30(35)32(37)25-12-10-23(3)11-13-25/h4-17,20,22,27,32H,18-19,21H2,1-3H3,(H,34,39). The molecule has 2 aliphatic rings. The number of anilines is 2. The van der Waals surface area contributed by atoms with E-state index in [0.717, 1.165) is 41.2 Å². The van der Waals surface area contributed by atoms with Crippen molar-refractivity contribution >= 4 is 23.3 Å². The Morgan fingerprint density at radius 3 is 2.26 bits per heavy atom. The van der Waals surface area contributed by atoms with Crippen molar-refractivity contribution in [1.29, 1.82) is 0 Å². The van der Waals surface area contributed by atoms with Crippen molar-refractivity contribution in [3.05, 3.63) is 114 Å². The van der Waals surface area contributed by atoms with Crippen molar-refractivity contribution in [2.24, 2.45) is 0 Å². The molecule has 6 rings (SSSR count). The van der Waals surface area contributed by atoms with Crippen molar-refractivity contribution in [1.82, 2.24) is 9.47 Å². The van der Waals surface area contributed by atoms with E-state index < -0.39 is 0 Å². The molecule has 1 atom stereocenters. The number of benzene rings is 3. The smallest absolute Gasteiger partial charge is 0.316 e. The lowest BCUT2D eigenvalue weighted by Gasteiger charge is -2.39. The fourth-order valence-electron chi connectivity index (χ4n) is 5.45. The zero-order chi connectivity index (χ0) is 27.1. The number of aryl methyl sites for hydroxylation is 1. The van der Waals surface area contributed by atoms with Gasteiger partial charge < -0.3 is 14.8 Å². The van der Waals surface area contributed by atoms with Crippen LogP contribution in [0.25, 0.3) is 5.69 Å². The summed E-state index contributed by atoms with van der Waals surface area (Å²) in [6, 6.07) is 27.9. The summed E-state index contributed by atoms with van der Waals surface area (Å²) in [6.07, 6.45) is 3.87. The topological polar surface area (TPSA) is 57.6 Å². The van der Waals surface area contributed by atoms with Gasteiger partial charge in [0.05, 0.1) is 17.1 Å². The van der Waals surface area contributed by atoms with Crippen molar-refractivity contribution in [3.8, 4) is 5.69 Å². The molecule has 198 valence electrons. The summed E-state index contributed by atoms with van der Waals surface area (Å²) in [4.78, 5) is 31.3. The SMILES string of the molecule is Cc1ccc(C2c3cccn3-c3ccccc3N2C(=O)CN(C(=O)Nc2ccc(C(C)C)cc2)C2CC2)cc1. The second-order valence-corrected chi connectivity index (χ2v) is 10.9. The van der Waals surface area contributed by atoms with Gasteiger partial charge in [0.15, 0.2) is 0 Å². The van der Waals surface area contributed by atoms with Gasteiger partial charge >= 0.3 is 6.03 Å². The van der Waals surface area contributed by atoms with Crippen LogP contribution in [0.1, 0.15) is 61.0 Å². The van der Waals surface area contributed by atoms with Gasteiger partial charge in [0.1, 0.15) is 12.6 Å². The fraction of sp³-hybridized carbons (Fsp3) is 0.273. The number of carbonyl (C=O) groups excluding carboxylic acids is 2. The first-order valence-corrected chi connectivity index (χ1v) is 13.7. The third-order valence-corrected chi connectivity index (χ3v) is 7.76. The highest BCUT2D eigenvalue weighted by Crippen LogP contribution is 2.42. The van der Waals surface area contributed by atoms with Crippen molar-refractivity contribution in [2.45, 2.75) is 51.6 Å². The van der Waals surface area contributed by atoms with Crippen LogP contribution >= 0.6 is 0 Å². The maximum absolute atomic E-state index is 14.3. The molecule has 1 aromatic heterocycles. The number of para-hydroxylation sites is 2. The number of hydrogen-bond acceptors (Lipinski definition) is 2. The normalized spacial score (nSPS) is 16.0. The molecule has 0 radical (unpaired) electrons. The lowest BCUT2D eigenvalue weighted by atomic mass is 9.97. The minimum atomic E-state index is -0.296. The monoisotopic (exact) mass is 518 g/mol. The van der Waals surface area contributed by atoms with Gasteiger partial charge in [-0.15, -0.1) is 0 Å². The number of aromatic nitrogens is 1. The summed E-state index contributed by atoms with van der Waals surface area (Å²) < 4.78 is 2.16. The number of nitrogens with zero attached hydrogens (tertiary/aromatic N) is 3. The molecular weight excluding hydrogens is 484 g/mol. The van der Waals surface area contributed by atoms with Gasteiger partial charge in [0.2, 0.25) is 5.91 Å². The summed E-state index contributed by atoms with van der Waals surface area (Å²) in [5.41, 5.74) is 6.99. The molecule has 1 N–H and O–H groups in total. The first-order valence-electron chi connectivity index (χ1n) is 13.7. The van der Waals surface area contributed by atoms with Gasteiger partial charge in [-0.25, -0.2) is 4.79 Å². The zero-order valence-electron chi connectivity index (χ0n) is 22.7. The van der Waals surface area contributed by atoms with E-state index in [4.69, 9.17) is 0 Å². The molecule has 2 heterocycles. The van der Waals surface area contributed by atoms with E-state index in [0.29, 0.717) is 5.92 Å². The average molecular weight is 519 g/mol. The lowest BCUT2D eigenvalue weighted by Crippen LogP contribution is -2.48. The summed E-state index contributed by atoms with van der Waals surface area (Å²) in [6.45, 7) is 6.37. The molecule has 4 aromatic rings. The van der Waals surface area contributed by atoms with E-state index in [1.165, 1.54) is 11.1 Å². The minimum absolute atomic E-state index is 0.0119. The van der Waals surface area contributed by atoms with Gasteiger partial charge in [0, 0.05) is 17.9 Å². The van der Waals surface area contributed by atoms with Crippen LogP contribution < -0.4 is 10.2 Å². The number of nitrogens with one attached hydrogen (secondary N) is 1. The van der Waals surface area contributed by atoms with Crippen molar-refractivity contribution in [3.63, 3.8) is 0 Å². The molecule has 0 bridgehead atoms. The van der Waals surface area contributed by atoms with E-state index in [1.807, 2.05) is 65.7 Å². The number of urea groups is 1. The van der Waals surface area contributed by atoms with Gasteiger partial charge in [-0.05, 0) is 73.2 Å². The molecule has 0 spiro atoms. The summed E-state index contributed by atoms with van der Waals surface area (Å²) in [5.74, 6) is 0.322. The van der Waals surface area contributed by atoms with Gasteiger partial charge in [-0.1, -0.05) is 67.9 Å². The third-order valence-electron chi connectivity index (χ3n) is 7.76. The Morgan fingerprint density at radius 1 is 0.897 bits per heavy atom. The van der Waals surface area contributed by atoms with Crippen LogP contribution in [-0.4, -0.2) is 34.0 Å². The first kappa shape index (κ1) is 25.0. The summed E-state index contributed by atoms with van der Waals surface area (Å²) in [5, 5.41) is 3.03. The summed E-state index contributed by atoms with van der Waals surface area (Å²) in [7, 11) is 0. The van der Waals surface area contributed by atoms with Gasteiger partial charge in [-0.2, -0.15) is 0 Å². The van der Waals surface area contributed by atoms with Crippen LogP contribution in [-0.2, 0) is 4.79 Å². The van der Waals surface area contributed by atoms with E-state index in [-0.39, 0.29) is 30.6 Å². The van der Waals surface area contributed by atoms with E-state index in [1.54, 1.807) is 4.90 Å². The van der Waals surface area contributed by atoms with Crippen LogP contribution in [0.4, 0.5) is 16.2 Å². The van der Waals surface area contributed by atoms with E-state index in [2.05, 4.69) is 61.0 Å². The molecule has 1 aliphatic heterocycles. The molecule has 1 saturated carbocycles. The highest BCUT2D eigenvalue weighted by atomic mass is 16.2. The largest absolute Gasteiger partial charge is 0.322 e. The second kappa shape index (κ2) is 10.1. The molecule has 39 heavy (non-hydrogen) atoms. The Bertz CT molecular complexity index is 1500. The minimum Gasteiger partial charge on any atom is -0.316 e. The number of rotatable bonds is 6. The third kappa shape index (κ3) is 4.83. The van der Waals surface area contributed by atoms with Crippen molar-refractivity contribution in [2.75, 3.05) is 16.8 Å². The molecule has 1 aliphatic carbocycles. The lowest BCUT2D eigenvalue weighted by molar-refractivity contribution is -0.119. The molecule has 6 nitrogen and oxygen atoms in total. The van der Waals surface area contributed by atoms with E-state index in [9.17, 15) is 9.59 Å². The molecular formula is C33H34N4O2. The Morgan fingerprint density at radius 2 is 1.59 bits per heavy atom. The molecule has 3 amide bonds. The Balaban J connectivity index is 1.32. The van der Waals surface area contributed by atoms with E-state index >= 15 is 0 Å². The van der Waals surface area contributed by atoms with Crippen LogP contribution in [0.15, 0.2) is 91.1 Å². The molecule has 0 saturated heterocycles. The van der Waals surface area contributed by atoms with Crippen LogP contribution in [0.5, 0.6) is 0 Å². The predicted molar refractivity (Wildman–Crippen MR) is 156 cm³/mol. The molecule has 3 aromatic carbocycles. The second-order valence-electron chi connectivity index (χ2n) is 10.9. The highest BCUT2D eigenvalue weighted by molar-refractivity contribution is 6.01. The quantitative estimate of drug-likeness (QED) is 0.298. The highest BCUT2D eigenvalue weighted by Gasteiger charge is 2.40. The van der Waals surface area contributed by atoms with Crippen LogP contribution in [0.3, 0.4) is 0 Å². The Kier molecular flexibility index (Phi) is 6.47. The van der Waals surface area contributed by atoms with Crippen LogP contribution in [0, 0.1) is 6.92 Å². The average Bonchev–Trinajstić information content (AvgIpc) is 3.66. The molecule has 1 unspecified atom stereocenters. The zero-order valence-corrected chi connectivity index (χ0v) is 22.7. The maximum Gasteiger partial charge on any atom is 0.322 e. The van der Waals surface area contributed by atoms with Crippen LogP contribution in [0.2, 0.25) is 0 Å². The van der Waals surface area contributed by atoms with Crippen molar-refractivity contribution < 1.29 is 9.59 Å². The predicted octanol–water partition coefficient (Wildman–Crippen LogP) is 7.04. The first-order chi connectivity index (χ1) is 18.9.